The minimum absolute atomic E-state index is 0.0129. The summed E-state index contributed by atoms with van der Waals surface area (Å²) in [4.78, 5) is 48.2. The molecule has 0 aromatic heterocycles. The summed E-state index contributed by atoms with van der Waals surface area (Å²) in [5.74, 6) is 0.518. The van der Waals surface area contributed by atoms with Crippen LogP contribution in [0.2, 0.25) is 0 Å². The van der Waals surface area contributed by atoms with Gasteiger partial charge in [-0.05, 0) is 61.3 Å². The van der Waals surface area contributed by atoms with Crippen molar-refractivity contribution in [3.05, 3.63) is 102 Å². The smallest absolute Gasteiger partial charge is 0.250 e. The van der Waals surface area contributed by atoms with Gasteiger partial charge in [0.1, 0.15) is 18.7 Å². The van der Waals surface area contributed by atoms with Crippen molar-refractivity contribution in [2.45, 2.75) is 44.2 Å². The molecule has 6 rings (SSSR count). The zero-order valence-electron chi connectivity index (χ0n) is 25.4. The van der Waals surface area contributed by atoms with Gasteiger partial charge in [0, 0.05) is 31.9 Å². The molecule has 0 bridgehead atoms. The highest BCUT2D eigenvalue weighted by molar-refractivity contribution is 5.96. The van der Waals surface area contributed by atoms with Gasteiger partial charge in [0.05, 0.1) is 13.3 Å². The van der Waals surface area contributed by atoms with Gasteiger partial charge in [-0.3, -0.25) is 14.4 Å². The first-order valence-electron chi connectivity index (χ1n) is 15.8. The monoisotopic (exact) mass is 594 g/mol. The average Bonchev–Trinajstić information content (AvgIpc) is 3.33. The zero-order valence-corrected chi connectivity index (χ0v) is 25.4. The van der Waals surface area contributed by atoms with E-state index >= 15 is 0 Å². The van der Waals surface area contributed by atoms with Crippen LogP contribution in [0.3, 0.4) is 0 Å². The van der Waals surface area contributed by atoms with E-state index in [1.165, 1.54) is 5.56 Å². The van der Waals surface area contributed by atoms with E-state index in [1.807, 2.05) is 71.6 Å². The van der Waals surface area contributed by atoms with Crippen LogP contribution in [0, 0.1) is 5.92 Å². The molecule has 0 N–H and O–H groups in total. The Bertz CT molecular complexity index is 1400. The summed E-state index contributed by atoms with van der Waals surface area (Å²) >= 11 is 0. The molecule has 0 saturated carbocycles. The van der Waals surface area contributed by atoms with Crippen LogP contribution < -0.4 is 4.90 Å². The molecule has 0 unspecified atom stereocenters. The molecule has 3 aliphatic rings. The van der Waals surface area contributed by atoms with E-state index in [1.54, 1.807) is 9.80 Å². The SMILES string of the molecule is O=C(COCc1ccccc1)N1CCC2(CC1)C(=O)N(CC(=O)N1CCC(Cc3ccccc3)CC1)CN2c1ccccc1. The van der Waals surface area contributed by atoms with E-state index < -0.39 is 5.54 Å². The van der Waals surface area contributed by atoms with Crippen LogP contribution in [0.4, 0.5) is 5.69 Å². The number of carbonyl (C=O) groups is 3. The molecule has 0 aliphatic carbocycles. The third-order valence-electron chi connectivity index (χ3n) is 9.52. The lowest BCUT2D eigenvalue weighted by Gasteiger charge is -2.43. The molecule has 1 spiro atoms. The van der Waals surface area contributed by atoms with Crippen molar-refractivity contribution < 1.29 is 19.1 Å². The predicted molar refractivity (Wildman–Crippen MR) is 170 cm³/mol. The summed E-state index contributed by atoms with van der Waals surface area (Å²) in [6, 6.07) is 30.3. The largest absolute Gasteiger partial charge is 0.367 e. The molecule has 3 fully saturated rings. The molecule has 0 atom stereocenters. The first kappa shape index (κ1) is 29.9. The molecule has 8 nitrogen and oxygen atoms in total. The number of ether oxygens (including phenoxy) is 1. The van der Waals surface area contributed by atoms with Crippen molar-refractivity contribution in [3.8, 4) is 0 Å². The van der Waals surface area contributed by atoms with Crippen molar-refractivity contribution in [3.63, 3.8) is 0 Å². The Hall–Kier alpha value is -4.17. The van der Waals surface area contributed by atoms with Gasteiger partial charge in [-0.1, -0.05) is 78.9 Å². The van der Waals surface area contributed by atoms with E-state index in [4.69, 9.17) is 4.74 Å². The minimum Gasteiger partial charge on any atom is -0.367 e. The first-order chi connectivity index (χ1) is 21.5. The number of amides is 3. The third-order valence-corrected chi connectivity index (χ3v) is 9.52. The second kappa shape index (κ2) is 13.6. The number of benzene rings is 3. The quantitative estimate of drug-likeness (QED) is 0.368. The van der Waals surface area contributed by atoms with E-state index in [2.05, 4.69) is 29.2 Å². The highest BCUT2D eigenvalue weighted by atomic mass is 16.5. The Labute approximate surface area is 260 Å². The molecule has 3 aromatic carbocycles. The second-order valence-electron chi connectivity index (χ2n) is 12.3. The van der Waals surface area contributed by atoms with Gasteiger partial charge in [0.15, 0.2) is 0 Å². The molecule has 44 heavy (non-hydrogen) atoms. The van der Waals surface area contributed by atoms with Crippen molar-refractivity contribution in [2.75, 3.05) is 50.9 Å². The van der Waals surface area contributed by atoms with Crippen LogP contribution in [-0.2, 0) is 32.1 Å². The molecule has 3 saturated heterocycles. The van der Waals surface area contributed by atoms with E-state index in [0.29, 0.717) is 45.1 Å². The second-order valence-corrected chi connectivity index (χ2v) is 12.3. The molecule has 3 amide bonds. The summed E-state index contributed by atoms with van der Waals surface area (Å²) in [6.07, 6.45) is 4.03. The van der Waals surface area contributed by atoms with Crippen molar-refractivity contribution >= 4 is 23.4 Å². The minimum atomic E-state index is -0.772. The average molecular weight is 595 g/mol. The van der Waals surface area contributed by atoms with Crippen molar-refractivity contribution in [1.82, 2.24) is 14.7 Å². The number of hydrogen-bond donors (Lipinski definition) is 0. The summed E-state index contributed by atoms with van der Waals surface area (Å²) in [5, 5.41) is 0. The van der Waals surface area contributed by atoms with Crippen LogP contribution in [0.15, 0.2) is 91.0 Å². The van der Waals surface area contributed by atoms with Gasteiger partial charge in [0.2, 0.25) is 11.8 Å². The van der Waals surface area contributed by atoms with E-state index in [-0.39, 0.29) is 30.9 Å². The Morgan fingerprint density at radius 1 is 0.727 bits per heavy atom. The Morgan fingerprint density at radius 2 is 1.30 bits per heavy atom. The number of anilines is 1. The summed E-state index contributed by atoms with van der Waals surface area (Å²) in [6.45, 7) is 3.26. The maximum atomic E-state index is 14.1. The molecule has 3 aliphatic heterocycles. The number of hydrogen-bond acceptors (Lipinski definition) is 5. The topological polar surface area (TPSA) is 73.4 Å². The number of para-hydroxylation sites is 1. The van der Waals surface area contributed by atoms with Gasteiger partial charge in [-0.15, -0.1) is 0 Å². The van der Waals surface area contributed by atoms with Gasteiger partial charge >= 0.3 is 0 Å². The summed E-state index contributed by atoms with van der Waals surface area (Å²) in [7, 11) is 0. The highest BCUT2D eigenvalue weighted by Crippen LogP contribution is 2.39. The normalized spacial score (nSPS) is 18.7. The van der Waals surface area contributed by atoms with Crippen molar-refractivity contribution in [2.24, 2.45) is 5.92 Å². The molecule has 8 heteroatoms. The van der Waals surface area contributed by atoms with Gasteiger partial charge in [0.25, 0.3) is 5.91 Å². The maximum absolute atomic E-state index is 14.1. The number of likely N-dealkylation sites (tertiary alicyclic amines) is 2. The van der Waals surface area contributed by atoms with Gasteiger partial charge in [-0.2, -0.15) is 0 Å². The highest BCUT2D eigenvalue weighted by Gasteiger charge is 2.54. The first-order valence-corrected chi connectivity index (χ1v) is 15.8. The molecule has 3 heterocycles. The van der Waals surface area contributed by atoms with Crippen LogP contribution in [0.5, 0.6) is 0 Å². The van der Waals surface area contributed by atoms with Crippen LogP contribution in [0.1, 0.15) is 36.8 Å². The van der Waals surface area contributed by atoms with Crippen molar-refractivity contribution in [1.29, 1.82) is 0 Å². The fourth-order valence-corrected chi connectivity index (χ4v) is 6.97. The zero-order chi connectivity index (χ0) is 30.4. The Morgan fingerprint density at radius 3 is 1.93 bits per heavy atom. The van der Waals surface area contributed by atoms with E-state index in [0.717, 1.165) is 43.6 Å². The molecular weight excluding hydrogens is 552 g/mol. The lowest BCUT2D eigenvalue weighted by atomic mass is 9.85. The van der Waals surface area contributed by atoms with Crippen LogP contribution in [0.25, 0.3) is 0 Å². The lowest BCUT2D eigenvalue weighted by Crippen LogP contribution is -2.58. The Kier molecular flexibility index (Phi) is 9.26. The third kappa shape index (κ3) is 6.65. The van der Waals surface area contributed by atoms with Crippen LogP contribution in [-0.4, -0.2) is 84.0 Å². The number of carbonyl (C=O) groups excluding carboxylic acids is 3. The molecule has 3 aromatic rings. The predicted octanol–water partition coefficient (Wildman–Crippen LogP) is 4.35. The molecule has 0 radical (unpaired) electrons. The fraction of sp³-hybridized carbons (Fsp3) is 0.417. The molecular formula is C36H42N4O4. The lowest BCUT2D eigenvalue weighted by molar-refractivity contribution is -0.143. The summed E-state index contributed by atoms with van der Waals surface area (Å²) < 4.78 is 5.70. The fourth-order valence-electron chi connectivity index (χ4n) is 6.97. The van der Waals surface area contributed by atoms with Gasteiger partial charge < -0.3 is 24.3 Å². The van der Waals surface area contributed by atoms with Crippen LogP contribution >= 0.6 is 0 Å². The van der Waals surface area contributed by atoms with Gasteiger partial charge in [-0.25, -0.2) is 0 Å². The standard InChI is InChI=1S/C36H42N4O4/c41-33(37-20-16-30(17-21-37)24-29-10-4-1-5-11-29)25-39-28-40(32-14-8-3-9-15-32)36(35(39)43)18-22-38(23-19-36)34(42)27-44-26-31-12-6-2-7-13-31/h1-15,30H,16-28H2. The van der Waals surface area contributed by atoms with E-state index in [9.17, 15) is 14.4 Å². The maximum Gasteiger partial charge on any atom is 0.250 e. The molecule has 230 valence electrons. The summed E-state index contributed by atoms with van der Waals surface area (Å²) in [5.41, 5.74) is 2.56. The Balaban J connectivity index is 1.06. The number of nitrogens with zero attached hydrogens (tertiary/aromatic N) is 4. The number of rotatable bonds is 9. The number of piperidine rings is 2.